The van der Waals surface area contributed by atoms with Crippen molar-refractivity contribution in [1.82, 2.24) is 9.47 Å². The minimum absolute atomic E-state index is 0.107. The zero-order valence-corrected chi connectivity index (χ0v) is 12.4. The van der Waals surface area contributed by atoms with Gasteiger partial charge < -0.3 is 9.47 Å². The van der Waals surface area contributed by atoms with Gasteiger partial charge in [-0.2, -0.15) is 0 Å². The van der Waals surface area contributed by atoms with Crippen molar-refractivity contribution in [2.75, 3.05) is 14.1 Å². The van der Waals surface area contributed by atoms with Crippen LogP contribution in [0, 0.1) is 0 Å². The Morgan fingerprint density at radius 3 is 2.80 bits per heavy atom. The molecule has 0 radical (unpaired) electrons. The molecule has 20 heavy (non-hydrogen) atoms. The smallest absolute Gasteiger partial charge is 0.222 e. The molecule has 0 fully saturated rings. The van der Waals surface area contributed by atoms with Crippen molar-refractivity contribution >= 4 is 34.7 Å². The SMILES string of the molecule is CN(C)C(=O)CCCn1cc(C=O)c2ccc(Cl)cc21. The van der Waals surface area contributed by atoms with Crippen LogP contribution < -0.4 is 0 Å². The van der Waals surface area contributed by atoms with Crippen LogP contribution in [0.15, 0.2) is 24.4 Å². The maximum atomic E-state index is 11.6. The number of carbonyl (C=O) groups excluding carboxylic acids is 2. The van der Waals surface area contributed by atoms with E-state index < -0.39 is 0 Å². The zero-order valence-electron chi connectivity index (χ0n) is 11.6. The molecule has 106 valence electrons. The first-order chi connectivity index (χ1) is 9.52. The molecule has 0 aliphatic heterocycles. The number of halogens is 1. The molecule has 0 saturated heterocycles. The van der Waals surface area contributed by atoms with Gasteiger partial charge in [0.15, 0.2) is 6.29 Å². The van der Waals surface area contributed by atoms with E-state index in [9.17, 15) is 9.59 Å². The molecule has 0 atom stereocenters. The first-order valence-corrected chi connectivity index (χ1v) is 6.84. The lowest BCUT2D eigenvalue weighted by Crippen LogP contribution is -2.21. The van der Waals surface area contributed by atoms with Gasteiger partial charge in [-0.1, -0.05) is 17.7 Å². The van der Waals surface area contributed by atoms with Crippen molar-refractivity contribution < 1.29 is 9.59 Å². The minimum Gasteiger partial charge on any atom is -0.349 e. The number of aryl methyl sites for hydroxylation is 1. The Morgan fingerprint density at radius 1 is 1.40 bits per heavy atom. The maximum absolute atomic E-state index is 11.6. The van der Waals surface area contributed by atoms with Gasteiger partial charge in [0.25, 0.3) is 0 Å². The van der Waals surface area contributed by atoms with E-state index in [1.807, 2.05) is 22.9 Å². The number of carbonyl (C=O) groups is 2. The van der Waals surface area contributed by atoms with E-state index >= 15 is 0 Å². The fraction of sp³-hybridized carbons (Fsp3) is 0.333. The average Bonchev–Trinajstić information content (AvgIpc) is 2.76. The van der Waals surface area contributed by atoms with Crippen molar-refractivity contribution in [1.29, 1.82) is 0 Å². The van der Waals surface area contributed by atoms with Crippen LogP contribution in [0.5, 0.6) is 0 Å². The molecule has 0 bridgehead atoms. The lowest BCUT2D eigenvalue weighted by Gasteiger charge is -2.10. The number of aromatic nitrogens is 1. The van der Waals surface area contributed by atoms with Gasteiger partial charge in [-0.3, -0.25) is 9.59 Å². The Labute approximate surface area is 122 Å². The van der Waals surface area contributed by atoms with E-state index in [4.69, 9.17) is 11.6 Å². The zero-order chi connectivity index (χ0) is 14.7. The largest absolute Gasteiger partial charge is 0.349 e. The number of amides is 1. The summed E-state index contributed by atoms with van der Waals surface area (Å²) in [7, 11) is 3.50. The normalized spacial score (nSPS) is 10.8. The second kappa shape index (κ2) is 6.09. The summed E-state index contributed by atoms with van der Waals surface area (Å²) in [5.41, 5.74) is 1.58. The quantitative estimate of drug-likeness (QED) is 0.795. The van der Waals surface area contributed by atoms with Gasteiger partial charge in [0.1, 0.15) is 0 Å². The van der Waals surface area contributed by atoms with E-state index in [2.05, 4.69) is 0 Å². The molecular weight excluding hydrogens is 276 g/mol. The second-order valence-electron chi connectivity index (χ2n) is 4.95. The molecule has 4 nitrogen and oxygen atoms in total. The Balaban J connectivity index is 2.19. The summed E-state index contributed by atoms with van der Waals surface area (Å²) in [5.74, 6) is 0.107. The molecule has 0 saturated carbocycles. The van der Waals surface area contributed by atoms with Crippen molar-refractivity contribution in [3.05, 3.63) is 35.0 Å². The molecule has 0 N–H and O–H groups in total. The Kier molecular flexibility index (Phi) is 4.45. The number of benzene rings is 1. The number of hydrogen-bond acceptors (Lipinski definition) is 2. The summed E-state index contributed by atoms with van der Waals surface area (Å²) in [6.07, 6.45) is 3.88. The molecule has 0 aliphatic carbocycles. The van der Waals surface area contributed by atoms with Crippen molar-refractivity contribution in [3.63, 3.8) is 0 Å². The molecule has 1 aromatic carbocycles. The van der Waals surface area contributed by atoms with Crippen molar-refractivity contribution in [3.8, 4) is 0 Å². The Bertz CT molecular complexity index is 647. The van der Waals surface area contributed by atoms with Gasteiger partial charge >= 0.3 is 0 Å². The number of hydrogen-bond donors (Lipinski definition) is 0. The molecule has 0 aliphatic rings. The predicted octanol–water partition coefficient (Wildman–Crippen LogP) is 2.98. The third-order valence-corrected chi connectivity index (χ3v) is 3.53. The predicted molar refractivity (Wildman–Crippen MR) is 80.3 cm³/mol. The lowest BCUT2D eigenvalue weighted by molar-refractivity contribution is -0.128. The molecule has 2 rings (SSSR count). The average molecular weight is 293 g/mol. The highest BCUT2D eigenvalue weighted by Gasteiger charge is 2.09. The highest BCUT2D eigenvalue weighted by Crippen LogP contribution is 2.24. The van der Waals surface area contributed by atoms with Crippen LogP contribution in [-0.4, -0.2) is 35.8 Å². The Morgan fingerprint density at radius 2 is 2.15 bits per heavy atom. The number of aldehydes is 1. The number of fused-ring (bicyclic) bond motifs is 1. The fourth-order valence-electron chi connectivity index (χ4n) is 2.20. The molecule has 2 aromatic rings. The van der Waals surface area contributed by atoms with E-state index in [0.29, 0.717) is 23.6 Å². The third-order valence-electron chi connectivity index (χ3n) is 3.29. The second-order valence-corrected chi connectivity index (χ2v) is 5.39. The van der Waals surface area contributed by atoms with Gasteiger partial charge in [-0.15, -0.1) is 0 Å². The van der Waals surface area contributed by atoms with Crippen molar-refractivity contribution in [2.45, 2.75) is 19.4 Å². The van der Waals surface area contributed by atoms with E-state index in [-0.39, 0.29) is 5.91 Å². The van der Waals surface area contributed by atoms with E-state index in [1.54, 1.807) is 25.1 Å². The molecule has 0 unspecified atom stereocenters. The van der Waals surface area contributed by atoms with Gasteiger partial charge in [0.2, 0.25) is 5.91 Å². The molecule has 1 amide bonds. The van der Waals surface area contributed by atoms with Crippen LogP contribution in [-0.2, 0) is 11.3 Å². The topological polar surface area (TPSA) is 42.3 Å². The van der Waals surface area contributed by atoms with Gasteiger partial charge in [0.05, 0.1) is 5.52 Å². The highest BCUT2D eigenvalue weighted by molar-refractivity contribution is 6.31. The molecule has 1 aromatic heterocycles. The standard InChI is InChI=1S/C15H17ClN2O2/c1-17(2)15(20)4-3-7-18-9-11(10-19)13-6-5-12(16)8-14(13)18/h5-6,8-10H,3-4,7H2,1-2H3. The monoisotopic (exact) mass is 292 g/mol. The van der Waals surface area contributed by atoms with E-state index in [1.165, 1.54) is 0 Å². The molecule has 0 spiro atoms. The fourth-order valence-corrected chi connectivity index (χ4v) is 2.36. The minimum atomic E-state index is 0.107. The highest BCUT2D eigenvalue weighted by atomic mass is 35.5. The van der Waals surface area contributed by atoms with Crippen molar-refractivity contribution in [2.24, 2.45) is 0 Å². The van der Waals surface area contributed by atoms with Crippen LogP contribution in [0.4, 0.5) is 0 Å². The molecular formula is C15H17ClN2O2. The number of nitrogens with zero attached hydrogens (tertiary/aromatic N) is 2. The maximum Gasteiger partial charge on any atom is 0.222 e. The van der Waals surface area contributed by atoms with Gasteiger partial charge in [0, 0.05) is 49.2 Å². The summed E-state index contributed by atoms with van der Waals surface area (Å²) in [5, 5.41) is 1.53. The molecule has 5 heteroatoms. The molecule has 1 heterocycles. The van der Waals surface area contributed by atoms with Crippen LogP contribution in [0.25, 0.3) is 10.9 Å². The lowest BCUT2D eigenvalue weighted by atomic mass is 10.2. The summed E-state index contributed by atoms with van der Waals surface area (Å²) in [6, 6.07) is 5.47. The summed E-state index contributed by atoms with van der Waals surface area (Å²) in [6.45, 7) is 0.685. The van der Waals surface area contributed by atoms with Crippen LogP contribution in [0.3, 0.4) is 0 Å². The van der Waals surface area contributed by atoms with Gasteiger partial charge in [-0.25, -0.2) is 0 Å². The van der Waals surface area contributed by atoms with Gasteiger partial charge in [-0.05, 0) is 18.6 Å². The summed E-state index contributed by atoms with van der Waals surface area (Å²) in [4.78, 5) is 24.2. The first-order valence-electron chi connectivity index (χ1n) is 6.46. The summed E-state index contributed by atoms with van der Waals surface area (Å²) >= 11 is 6.01. The van der Waals surface area contributed by atoms with Crippen LogP contribution in [0.2, 0.25) is 5.02 Å². The van der Waals surface area contributed by atoms with E-state index in [0.717, 1.165) is 23.6 Å². The first kappa shape index (κ1) is 14.6. The third kappa shape index (κ3) is 3.02. The van der Waals surface area contributed by atoms with Crippen LogP contribution >= 0.6 is 11.6 Å². The summed E-state index contributed by atoms with van der Waals surface area (Å²) < 4.78 is 1.98. The van der Waals surface area contributed by atoms with Crippen LogP contribution in [0.1, 0.15) is 23.2 Å². The number of rotatable bonds is 5. The Hall–Kier alpha value is -1.81.